The normalized spacial score (nSPS) is 24.6. The number of benzene rings is 3. The van der Waals surface area contributed by atoms with Crippen LogP contribution in [0.25, 0.3) is 0 Å². The molecule has 1 aliphatic rings. The zero-order chi connectivity index (χ0) is 15.9. The third kappa shape index (κ3) is 2.95. The molecule has 0 aromatic heterocycles. The SMILES string of the molecule is [HH].[HH].[HH].[S]P1(c2ccccc2)=C[P+]([S-])(c2ccccc2)c2ccccc21.[Sn]. The molecule has 2 atom stereocenters. The Morgan fingerprint density at radius 3 is 2.00 bits per heavy atom. The van der Waals surface area contributed by atoms with Gasteiger partial charge in [0.05, 0.1) is 16.1 Å². The van der Waals surface area contributed by atoms with E-state index in [2.05, 4.69) is 78.3 Å². The summed E-state index contributed by atoms with van der Waals surface area (Å²) in [5.74, 6) is 0. The van der Waals surface area contributed by atoms with Gasteiger partial charge in [-0.15, -0.1) is 0 Å². The Labute approximate surface area is 176 Å². The van der Waals surface area contributed by atoms with Gasteiger partial charge in [0.25, 0.3) is 0 Å². The van der Waals surface area contributed by atoms with Gasteiger partial charge in [-0.2, -0.15) is 0 Å². The summed E-state index contributed by atoms with van der Waals surface area (Å²) in [7, 11) is 0. The predicted molar refractivity (Wildman–Crippen MR) is 125 cm³/mol. The quantitative estimate of drug-likeness (QED) is 0.291. The van der Waals surface area contributed by atoms with Gasteiger partial charge in [-0.25, -0.2) is 0 Å². The molecule has 0 nitrogen and oxygen atoms in total. The van der Waals surface area contributed by atoms with Gasteiger partial charge in [0.1, 0.15) is 0 Å². The predicted octanol–water partition coefficient (Wildman–Crippen LogP) is 4.33. The molecule has 0 fully saturated rings. The summed E-state index contributed by atoms with van der Waals surface area (Å²) in [6, 6.07) is 29.6. The first-order valence-electron chi connectivity index (χ1n) is 7.42. The topological polar surface area (TPSA) is 0 Å². The maximum Gasteiger partial charge on any atom is 0.0912 e. The first-order valence-corrected chi connectivity index (χ1v) is 13.2. The van der Waals surface area contributed by atoms with Crippen molar-refractivity contribution in [3.05, 3.63) is 84.9 Å². The van der Waals surface area contributed by atoms with Crippen LogP contribution in [0.15, 0.2) is 84.9 Å². The number of rotatable bonds is 2. The fourth-order valence-corrected chi connectivity index (χ4v) is 16.3. The molecule has 1 heterocycles. The largest absolute Gasteiger partial charge is 0.541 e. The summed E-state index contributed by atoms with van der Waals surface area (Å²) in [6.07, 6.45) is -1.95. The van der Waals surface area contributed by atoms with Crippen molar-refractivity contribution in [2.75, 3.05) is 0 Å². The molecule has 1 aliphatic heterocycles. The van der Waals surface area contributed by atoms with E-state index in [1.807, 2.05) is 12.1 Å². The molecule has 0 bridgehead atoms. The van der Waals surface area contributed by atoms with Crippen LogP contribution in [0.1, 0.15) is 4.28 Å². The molecule has 3 aromatic rings. The molecule has 5 radical (unpaired) electrons. The Morgan fingerprint density at radius 1 is 0.792 bits per heavy atom. The Bertz CT molecular complexity index is 927. The van der Waals surface area contributed by atoms with Crippen molar-refractivity contribution < 1.29 is 4.28 Å². The van der Waals surface area contributed by atoms with Crippen LogP contribution in [0.3, 0.4) is 0 Å². The van der Waals surface area contributed by atoms with E-state index in [0.29, 0.717) is 0 Å². The third-order valence-electron chi connectivity index (χ3n) is 4.20. The van der Waals surface area contributed by atoms with E-state index in [-0.39, 0.29) is 28.2 Å². The van der Waals surface area contributed by atoms with Gasteiger partial charge in [0.15, 0.2) is 0 Å². The Balaban J connectivity index is 0.00000169. The van der Waals surface area contributed by atoms with Crippen LogP contribution in [-0.4, -0.2) is 29.4 Å². The van der Waals surface area contributed by atoms with E-state index >= 15 is 0 Å². The molecule has 24 heavy (non-hydrogen) atoms. The van der Waals surface area contributed by atoms with Crippen LogP contribution < -0.4 is 21.2 Å². The van der Waals surface area contributed by atoms with Gasteiger partial charge >= 0.3 is 0 Å². The smallest absolute Gasteiger partial charge is 0.0912 e. The van der Waals surface area contributed by atoms with Crippen LogP contribution in [0.2, 0.25) is 0 Å². The molecule has 0 saturated carbocycles. The fraction of sp³-hybridized carbons (Fsp3) is 0. The van der Waals surface area contributed by atoms with E-state index < -0.39 is 12.6 Å². The van der Waals surface area contributed by atoms with Crippen molar-refractivity contribution >= 4 is 87.7 Å². The van der Waals surface area contributed by atoms with E-state index in [1.54, 1.807) is 0 Å². The average Bonchev–Trinajstić information content (AvgIpc) is 2.87. The number of fused-ring (bicyclic) bond motifs is 1. The van der Waals surface area contributed by atoms with Crippen molar-refractivity contribution in [3.8, 4) is 0 Å². The molecule has 0 saturated heterocycles. The minimum Gasteiger partial charge on any atom is -0.541 e. The van der Waals surface area contributed by atoms with Crippen LogP contribution in [0.5, 0.6) is 0 Å². The summed E-state index contributed by atoms with van der Waals surface area (Å²) in [5, 5.41) is 5.05. The second-order valence-corrected chi connectivity index (χ2v) is 14.6. The molecule has 0 amide bonds. The van der Waals surface area contributed by atoms with Gasteiger partial charge in [0, 0.05) is 39.6 Å². The van der Waals surface area contributed by atoms with Crippen LogP contribution in [-0.2, 0) is 12.2 Å². The molecule has 0 N–H and O–H groups in total. The van der Waals surface area contributed by atoms with Gasteiger partial charge in [-0.05, 0) is 48.3 Å². The fourth-order valence-electron chi connectivity index (χ4n) is 3.09. The molecule has 3 aromatic carbocycles. The van der Waals surface area contributed by atoms with E-state index in [9.17, 15) is 0 Å². The van der Waals surface area contributed by atoms with Gasteiger partial charge < -0.3 is 12.2 Å². The summed E-state index contributed by atoms with van der Waals surface area (Å²) < 4.78 is 0. The first kappa shape index (κ1) is 18.7. The molecule has 5 heteroatoms. The minimum atomic E-state index is -1.95. The second-order valence-electron chi connectivity index (χ2n) is 5.59. The molecular weight excluding hydrogens is 473 g/mol. The molecule has 0 spiro atoms. The van der Waals surface area contributed by atoms with E-state index in [4.69, 9.17) is 24.5 Å². The summed E-state index contributed by atoms with van der Waals surface area (Å²) in [6.45, 7) is -1.95. The minimum absolute atomic E-state index is 0. The number of hydrogen-bond acceptors (Lipinski definition) is 1. The number of hydrogen-bond donors (Lipinski definition) is 0. The van der Waals surface area contributed by atoms with Crippen molar-refractivity contribution in [2.45, 2.75) is 0 Å². The van der Waals surface area contributed by atoms with Gasteiger partial charge in [0.2, 0.25) is 0 Å². The summed E-state index contributed by atoms with van der Waals surface area (Å²) in [4.78, 5) is 0. The maximum atomic E-state index is 6.25. The summed E-state index contributed by atoms with van der Waals surface area (Å²) in [5.41, 5.74) is 2.38. The van der Waals surface area contributed by atoms with E-state index in [1.165, 1.54) is 21.2 Å². The zero-order valence-electron chi connectivity index (χ0n) is 12.9. The van der Waals surface area contributed by atoms with Gasteiger partial charge in [-0.1, -0.05) is 60.7 Å². The van der Waals surface area contributed by atoms with Crippen molar-refractivity contribution in [2.24, 2.45) is 0 Å². The second kappa shape index (κ2) is 7.25. The summed E-state index contributed by atoms with van der Waals surface area (Å²) >= 11 is 12.5. The molecular formula is C19H21P2S2Sn. The van der Waals surface area contributed by atoms with Crippen molar-refractivity contribution in [1.82, 2.24) is 0 Å². The third-order valence-corrected chi connectivity index (χ3v) is 15.5. The van der Waals surface area contributed by atoms with Crippen LogP contribution in [0, 0.1) is 0 Å². The van der Waals surface area contributed by atoms with Crippen molar-refractivity contribution in [1.29, 1.82) is 0 Å². The van der Waals surface area contributed by atoms with Gasteiger partial charge in [-0.3, -0.25) is 0 Å². The molecule has 4 rings (SSSR count). The molecule has 0 aliphatic carbocycles. The molecule has 2 unspecified atom stereocenters. The van der Waals surface area contributed by atoms with E-state index in [0.717, 1.165) is 0 Å². The Kier molecular flexibility index (Phi) is 5.64. The monoisotopic (exact) mass is 495 g/mol. The first-order chi connectivity index (χ1) is 11.1. The maximum absolute atomic E-state index is 6.25. The Morgan fingerprint density at radius 2 is 1.33 bits per heavy atom. The Hall–Kier alpha value is -0.111. The van der Waals surface area contributed by atoms with Crippen molar-refractivity contribution in [3.63, 3.8) is 0 Å². The average molecular weight is 494 g/mol. The van der Waals surface area contributed by atoms with Crippen LogP contribution in [0.4, 0.5) is 0 Å². The standard InChI is InChI=1S/C19H15P2S2.Sn.3H2/c22-20(16-9-3-1-4-10-16)15-21(23,17-11-5-2-6-12-17)19-14-8-7-13-18(19)20;;;;/h1-15H;;3*1H. The zero-order valence-corrected chi connectivity index (χ0v) is 19.1. The molecule has 123 valence electrons. The van der Waals surface area contributed by atoms with Crippen LogP contribution >= 0.6 is 24.8 Å².